The second-order valence-electron chi connectivity index (χ2n) is 5.92. The van der Waals surface area contributed by atoms with E-state index in [-0.39, 0.29) is 0 Å². The lowest BCUT2D eigenvalue weighted by Crippen LogP contribution is -2.39. The van der Waals surface area contributed by atoms with Crippen LogP contribution in [0.2, 0.25) is 4.34 Å². The summed E-state index contributed by atoms with van der Waals surface area (Å²) in [6.45, 7) is 3.58. The lowest BCUT2D eigenvalue weighted by Gasteiger charge is -2.40. The van der Waals surface area contributed by atoms with Gasteiger partial charge in [-0.05, 0) is 49.1 Å². The Hall–Kier alpha value is -0.0500. The normalized spacial score (nSPS) is 26.4. The molecule has 17 heavy (non-hydrogen) atoms. The number of thiophene rings is 1. The molecule has 0 saturated heterocycles. The highest BCUT2D eigenvalue weighted by Gasteiger charge is 2.33. The summed E-state index contributed by atoms with van der Waals surface area (Å²) in [6, 6.07) is 2.74. The van der Waals surface area contributed by atoms with Crippen LogP contribution in [0.1, 0.15) is 55.5 Å². The van der Waals surface area contributed by atoms with E-state index in [4.69, 9.17) is 11.6 Å². The molecule has 0 radical (unpaired) electrons. The van der Waals surface area contributed by atoms with Gasteiger partial charge in [-0.3, -0.25) is 0 Å². The Morgan fingerprint density at radius 1 is 1.47 bits per heavy atom. The van der Waals surface area contributed by atoms with Crippen molar-refractivity contribution in [2.75, 3.05) is 6.54 Å². The Kier molecular flexibility index (Phi) is 3.22. The zero-order chi connectivity index (χ0) is 11.9. The van der Waals surface area contributed by atoms with Crippen LogP contribution in [-0.2, 0) is 6.42 Å². The van der Waals surface area contributed by atoms with Gasteiger partial charge in [0, 0.05) is 17.5 Å². The van der Waals surface area contributed by atoms with E-state index in [1.807, 2.05) is 0 Å². The van der Waals surface area contributed by atoms with E-state index in [1.165, 1.54) is 55.5 Å². The Morgan fingerprint density at radius 3 is 3.00 bits per heavy atom. The minimum Gasteiger partial charge on any atom is -0.309 e. The molecule has 0 spiro atoms. The van der Waals surface area contributed by atoms with E-state index < -0.39 is 0 Å². The first kappa shape index (κ1) is 12.0. The third kappa shape index (κ3) is 2.40. The minimum atomic E-state index is 0.555. The average Bonchev–Trinajstić information content (AvgIpc) is 2.64. The molecule has 1 fully saturated rings. The minimum absolute atomic E-state index is 0.555. The van der Waals surface area contributed by atoms with E-state index in [0.717, 1.165) is 4.34 Å². The Balaban J connectivity index is 1.68. The monoisotopic (exact) mass is 269 g/mol. The molecule has 2 aliphatic carbocycles. The topological polar surface area (TPSA) is 12.0 Å². The van der Waals surface area contributed by atoms with Crippen molar-refractivity contribution in [1.29, 1.82) is 0 Å². The highest BCUT2D eigenvalue weighted by atomic mass is 35.5. The van der Waals surface area contributed by atoms with Crippen molar-refractivity contribution in [3.05, 3.63) is 20.8 Å². The van der Waals surface area contributed by atoms with Gasteiger partial charge in [-0.1, -0.05) is 24.9 Å². The molecule has 1 saturated carbocycles. The molecule has 2 aliphatic rings. The molecule has 1 nitrogen and oxygen atoms in total. The smallest absolute Gasteiger partial charge is 0.0934 e. The van der Waals surface area contributed by atoms with Crippen LogP contribution in [-0.4, -0.2) is 6.54 Å². The highest BCUT2D eigenvalue weighted by molar-refractivity contribution is 7.16. The first-order valence-electron chi connectivity index (χ1n) is 6.68. The van der Waals surface area contributed by atoms with E-state index >= 15 is 0 Å². The summed E-state index contributed by atoms with van der Waals surface area (Å²) in [5.74, 6) is 0. The maximum absolute atomic E-state index is 6.14. The molecular weight excluding hydrogens is 250 g/mol. The molecule has 3 rings (SSSR count). The van der Waals surface area contributed by atoms with Crippen molar-refractivity contribution in [2.24, 2.45) is 5.41 Å². The lowest BCUT2D eigenvalue weighted by atomic mass is 9.70. The van der Waals surface area contributed by atoms with Crippen LogP contribution < -0.4 is 5.32 Å². The second kappa shape index (κ2) is 4.56. The summed E-state index contributed by atoms with van der Waals surface area (Å²) in [5, 5.41) is 3.78. The average molecular weight is 270 g/mol. The zero-order valence-corrected chi connectivity index (χ0v) is 12.0. The van der Waals surface area contributed by atoms with Gasteiger partial charge in [0.1, 0.15) is 0 Å². The first-order valence-corrected chi connectivity index (χ1v) is 7.87. The van der Waals surface area contributed by atoms with Crippen LogP contribution in [0.15, 0.2) is 6.07 Å². The molecule has 1 unspecified atom stereocenters. The van der Waals surface area contributed by atoms with Crippen molar-refractivity contribution < 1.29 is 0 Å². The molecule has 1 atom stereocenters. The number of halogens is 1. The fourth-order valence-corrected chi connectivity index (χ4v) is 4.44. The third-order valence-corrected chi connectivity index (χ3v) is 5.76. The highest BCUT2D eigenvalue weighted by Crippen LogP contribution is 2.42. The molecule has 0 aromatic carbocycles. The summed E-state index contributed by atoms with van der Waals surface area (Å²) < 4.78 is 0.957. The van der Waals surface area contributed by atoms with Crippen LogP contribution in [0.5, 0.6) is 0 Å². The van der Waals surface area contributed by atoms with Gasteiger partial charge in [-0.2, -0.15) is 0 Å². The van der Waals surface area contributed by atoms with Crippen LogP contribution in [0.4, 0.5) is 0 Å². The fourth-order valence-electron chi connectivity index (χ4n) is 3.06. The number of hydrogen-bond donors (Lipinski definition) is 1. The molecule has 0 amide bonds. The quantitative estimate of drug-likeness (QED) is 0.848. The SMILES string of the molecule is CC1(CNC2CCCc3sc(Cl)cc32)CCC1. The Bertz CT molecular complexity index is 408. The van der Waals surface area contributed by atoms with Gasteiger partial charge in [0.25, 0.3) is 0 Å². The third-order valence-electron chi connectivity index (χ3n) is 4.42. The predicted molar refractivity (Wildman–Crippen MR) is 75.0 cm³/mol. The van der Waals surface area contributed by atoms with E-state index in [2.05, 4.69) is 18.3 Å². The van der Waals surface area contributed by atoms with Gasteiger partial charge in [0.15, 0.2) is 0 Å². The number of rotatable bonds is 3. The zero-order valence-electron chi connectivity index (χ0n) is 10.4. The van der Waals surface area contributed by atoms with Crippen molar-refractivity contribution in [3.63, 3.8) is 0 Å². The van der Waals surface area contributed by atoms with Crippen LogP contribution in [0.3, 0.4) is 0 Å². The van der Waals surface area contributed by atoms with Gasteiger partial charge < -0.3 is 5.32 Å². The maximum atomic E-state index is 6.14. The summed E-state index contributed by atoms with van der Waals surface area (Å²) in [6.07, 6.45) is 8.00. The molecule has 1 heterocycles. The first-order chi connectivity index (χ1) is 8.16. The van der Waals surface area contributed by atoms with Gasteiger partial charge in [0.05, 0.1) is 4.34 Å². The molecule has 0 bridgehead atoms. The molecule has 0 aliphatic heterocycles. The standard InChI is InChI=1S/C14H20ClNS/c1-14(6-3-7-14)9-16-11-4-2-5-12-10(11)8-13(15)17-12/h8,11,16H,2-7,9H2,1H3. The van der Waals surface area contributed by atoms with Gasteiger partial charge >= 0.3 is 0 Å². The number of hydrogen-bond acceptors (Lipinski definition) is 2. The van der Waals surface area contributed by atoms with Gasteiger partial charge in [-0.15, -0.1) is 11.3 Å². The summed E-state index contributed by atoms with van der Waals surface area (Å²) >= 11 is 7.91. The fraction of sp³-hybridized carbons (Fsp3) is 0.714. The van der Waals surface area contributed by atoms with Crippen LogP contribution in [0, 0.1) is 5.41 Å². The van der Waals surface area contributed by atoms with E-state index in [0.29, 0.717) is 11.5 Å². The van der Waals surface area contributed by atoms with Crippen LogP contribution in [0.25, 0.3) is 0 Å². The maximum Gasteiger partial charge on any atom is 0.0934 e. The summed E-state index contributed by atoms with van der Waals surface area (Å²) in [7, 11) is 0. The van der Waals surface area contributed by atoms with Gasteiger partial charge in [-0.25, -0.2) is 0 Å². The van der Waals surface area contributed by atoms with Crippen molar-refractivity contribution in [1.82, 2.24) is 5.32 Å². The molecule has 1 aromatic rings. The summed E-state index contributed by atoms with van der Waals surface area (Å²) in [5.41, 5.74) is 2.05. The second-order valence-corrected chi connectivity index (χ2v) is 7.69. The van der Waals surface area contributed by atoms with Gasteiger partial charge in [0.2, 0.25) is 0 Å². The summed E-state index contributed by atoms with van der Waals surface area (Å²) in [4.78, 5) is 1.51. The van der Waals surface area contributed by atoms with E-state index in [1.54, 1.807) is 11.3 Å². The molecule has 1 aromatic heterocycles. The molecular formula is C14H20ClNS. The Labute approximate surface area is 113 Å². The molecule has 1 N–H and O–H groups in total. The largest absolute Gasteiger partial charge is 0.309 e. The molecule has 3 heteroatoms. The van der Waals surface area contributed by atoms with Crippen molar-refractivity contribution in [2.45, 2.75) is 51.5 Å². The van der Waals surface area contributed by atoms with E-state index in [9.17, 15) is 0 Å². The number of fused-ring (bicyclic) bond motifs is 1. The van der Waals surface area contributed by atoms with Crippen molar-refractivity contribution >= 4 is 22.9 Å². The number of aryl methyl sites for hydroxylation is 1. The van der Waals surface area contributed by atoms with Crippen molar-refractivity contribution in [3.8, 4) is 0 Å². The Morgan fingerprint density at radius 2 is 2.29 bits per heavy atom. The predicted octanol–water partition coefficient (Wildman–Crippen LogP) is 4.56. The molecule has 94 valence electrons. The number of nitrogens with one attached hydrogen (secondary N) is 1. The van der Waals surface area contributed by atoms with Crippen LogP contribution >= 0.6 is 22.9 Å². The lowest BCUT2D eigenvalue weighted by molar-refractivity contribution is 0.149.